The summed E-state index contributed by atoms with van der Waals surface area (Å²) in [6.45, 7) is 5.48. The Morgan fingerprint density at radius 3 is 1.77 bits per heavy atom. The first-order valence-corrected chi connectivity index (χ1v) is 16.2. The van der Waals surface area contributed by atoms with Gasteiger partial charge in [0.1, 0.15) is 6.42 Å². The van der Waals surface area contributed by atoms with E-state index in [1.807, 2.05) is 18.9 Å². The van der Waals surface area contributed by atoms with E-state index in [0.717, 1.165) is 94.9 Å². The Balaban J connectivity index is 1.08. The second-order valence-corrected chi connectivity index (χ2v) is 13.3. The number of nitrogens with zero attached hydrogens (tertiary/aromatic N) is 1. The minimum Gasteiger partial charge on any atom is -0.356 e. The van der Waals surface area contributed by atoms with Crippen molar-refractivity contribution in [3.8, 4) is 0 Å². The van der Waals surface area contributed by atoms with E-state index in [2.05, 4.69) is 35.8 Å². The normalized spacial score (nSPS) is 24.6. The molecule has 0 atom stereocenters. The van der Waals surface area contributed by atoms with E-state index in [0.29, 0.717) is 13.0 Å². The summed E-state index contributed by atoms with van der Waals surface area (Å²) in [5.41, 5.74) is 4.14. The molecule has 1 aromatic carbocycles. The second kappa shape index (κ2) is 14.5. The van der Waals surface area contributed by atoms with Crippen LogP contribution in [0.5, 0.6) is 0 Å². The van der Waals surface area contributed by atoms with Crippen LogP contribution in [0.4, 0.5) is 0 Å². The van der Waals surface area contributed by atoms with Gasteiger partial charge in [0.25, 0.3) is 0 Å². The highest BCUT2D eigenvalue weighted by molar-refractivity contribution is 5.97. The highest BCUT2D eigenvalue weighted by atomic mass is 16.2. The lowest BCUT2D eigenvalue weighted by atomic mass is 9.52. The van der Waals surface area contributed by atoms with Crippen LogP contribution in [0.1, 0.15) is 114 Å². The zero-order chi connectivity index (χ0) is 28.5. The molecule has 5 rings (SSSR count). The Kier molecular flexibility index (Phi) is 11.1. The highest BCUT2D eigenvalue weighted by Crippen LogP contribution is 2.57. The molecule has 0 radical (unpaired) electrons. The third kappa shape index (κ3) is 8.57. The molecule has 0 spiro atoms. The summed E-state index contributed by atoms with van der Waals surface area (Å²) < 4.78 is 0. The van der Waals surface area contributed by atoms with Crippen molar-refractivity contribution >= 4 is 17.7 Å². The maximum Gasteiger partial charge on any atom is 0.232 e. The third-order valence-corrected chi connectivity index (χ3v) is 9.85. The van der Waals surface area contributed by atoms with Crippen LogP contribution in [0.3, 0.4) is 0 Å². The molecule has 4 aliphatic carbocycles. The monoisotopic (exact) mass is 551 g/mol. The van der Waals surface area contributed by atoms with Crippen LogP contribution in [0, 0.1) is 24.7 Å². The molecule has 6 heteroatoms. The van der Waals surface area contributed by atoms with Gasteiger partial charge in [0.05, 0.1) is 0 Å². The largest absolute Gasteiger partial charge is 0.356 e. The Labute approximate surface area is 242 Å². The number of carbonyl (C=O) groups is 3. The number of hydrogen-bond donors (Lipinski definition) is 2. The molecule has 0 aromatic heterocycles. The molecular weight excluding hydrogens is 498 g/mol. The first-order chi connectivity index (χ1) is 19.3. The lowest BCUT2D eigenvalue weighted by molar-refractivity contribution is -0.149. The minimum absolute atomic E-state index is 0.00189. The van der Waals surface area contributed by atoms with Crippen molar-refractivity contribution in [3.05, 3.63) is 34.9 Å². The zero-order valence-corrected chi connectivity index (χ0v) is 25.4. The number of hydrogen-bond acceptors (Lipinski definition) is 3. The summed E-state index contributed by atoms with van der Waals surface area (Å²) in [4.78, 5) is 38.8. The predicted molar refractivity (Wildman–Crippen MR) is 161 cm³/mol. The maximum atomic E-state index is 13.0. The second-order valence-electron chi connectivity index (χ2n) is 13.3. The number of aryl methyl sites for hydroxylation is 3. The average molecular weight is 552 g/mol. The lowest BCUT2D eigenvalue weighted by Crippen LogP contribution is -2.60. The van der Waals surface area contributed by atoms with Crippen LogP contribution in [0.15, 0.2) is 18.2 Å². The van der Waals surface area contributed by atoms with E-state index in [-0.39, 0.29) is 29.7 Å². The van der Waals surface area contributed by atoms with Crippen LogP contribution in [0.2, 0.25) is 0 Å². The number of rotatable bonds is 16. The quantitative estimate of drug-likeness (QED) is 0.199. The molecule has 4 saturated carbocycles. The van der Waals surface area contributed by atoms with E-state index in [9.17, 15) is 14.4 Å². The fourth-order valence-electron chi connectivity index (χ4n) is 8.14. The van der Waals surface area contributed by atoms with Crippen LogP contribution in [0.25, 0.3) is 0 Å². The molecule has 2 N–H and O–H groups in total. The molecule has 4 fully saturated rings. The molecule has 4 aliphatic rings. The van der Waals surface area contributed by atoms with Gasteiger partial charge in [0.15, 0.2) is 0 Å². The van der Waals surface area contributed by atoms with Crippen LogP contribution >= 0.6 is 0 Å². The van der Waals surface area contributed by atoms with Crippen molar-refractivity contribution in [2.75, 3.05) is 20.1 Å². The number of unbranched alkanes of at least 4 members (excludes halogenated alkanes) is 4. The minimum atomic E-state index is -0.127. The summed E-state index contributed by atoms with van der Waals surface area (Å²) in [6.07, 6.45) is 16.6. The molecule has 0 aliphatic heterocycles. The topological polar surface area (TPSA) is 78.5 Å². The van der Waals surface area contributed by atoms with Crippen LogP contribution in [-0.4, -0.2) is 48.3 Å². The van der Waals surface area contributed by atoms with E-state index in [1.165, 1.54) is 36.0 Å². The van der Waals surface area contributed by atoms with Crippen molar-refractivity contribution in [2.24, 2.45) is 17.8 Å². The fourth-order valence-corrected chi connectivity index (χ4v) is 8.14. The summed E-state index contributed by atoms with van der Waals surface area (Å²) >= 11 is 0. The summed E-state index contributed by atoms with van der Waals surface area (Å²) in [5.74, 6) is 2.38. The van der Waals surface area contributed by atoms with Crippen LogP contribution in [-0.2, 0) is 27.2 Å². The number of benzene rings is 1. The van der Waals surface area contributed by atoms with E-state index in [4.69, 9.17) is 0 Å². The van der Waals surface area contributed by atoms with Crippen LogP contribution < -0.4 is 10.6 Å². The van der Waals surface area contributed by atoms with Gasteiger partial charge in [-0.25, -0.2) is 0 Å². The van der Waals surface area contributed by atoms with Crippen molar-refractivity contribution in [1.29, 1.82) is 0 Å². The van der Waals surface area contributed by atoms with Gasteiger partial charge >= 0.3 is 0 Å². The average Bonchev–Trinajstić information content (AvgIpc) is 2.90. The van der Waals surface area contributed by atoms with Gasteiger partial charge in [-0.1, -0.05) is 43.5 Å². The molecule has 4 bridgehead atoms. The highest BCUT2D eigenvalue weighted by Gasteiger charge is 2.53. The lowest BCUT2D eigenvalue weighted by Gasteiger charge is -2.59. The van der Waals surface area contributed by atoms with E-state index < -0.39 is 0 Å². The van der Waals surface area contributed by atoms with Crippen molar-refractivity contribution < 1.29 is 14.4 Å². The van der Waals surface area contributed by atoms with Crippen molar-refractivity contribution in [2.45, 2.75) is 122 Å². The summed E-state index contributed by atoms with van der Waals surface area (Å²) in [6, 6.07) is 6.93. The smallest absolute Gasteiger partial charge is 0.232 e. The van der Waals surface area contributed by atoms with Crippen molar-refractivity contribution in [1.82, 2.24) is 15.5 Å². The molecule has 0 saturated heterocycles. The molecular formula is C34H53N3O3. The van der Waals surface area contributed by atoms with Gasteiger partial charge in [-0.15, -0.1) is 0 Å². The summed E-state index contributed by atoms with van der Waals surface area (Å²) in [5, 5.41) is 5.94. The molecule has 0 heterocycles. The molecule has 1 aromatic rings. The number of nitrogens with one attached hydrogen (secondary N) is 2. The SMILES string of the molecule is CCC(=O)NCCCCCc1cc(C)cc(CCCCCNC(=O)CC(=O)N(C)C23CC4CC(CC(C4)C2)C3)c1. The Morgan fingerprint density at radius 2 is 1.27 bits per heavy atom. The summed E-state index contributed by atoms with van der Waals surface area (Å²) in [7, 11) is 1.95. The van der Waals surface area contributed by atoms with Crippen molar-refractivity contribution in [3.63, 3.8) is 0 Å². The number of carbonyl (C=O) groups excluding carboxylic acids is 3. The zero-order valence-electron chi connectivity index (χ0n) is 25.4. The van der Waals surface area contributed by atoms with Gasteiger partial charge in [0.2, 0.25) is 17.7 Å². The first-order valence-electron chi connectivity index (χ1n) is 16.2. The standard InChI is InChI=1S/C34H53N3O3/c1-4-31(38)35-13-9-5-7-11-26-15-25(2)16-27(17-26)12-8-6-10-14-36-32(39)21-33(40)37(3)34-22-28-18-29(23-34)20-30(19-28)24-34/h15-17,28-30H,4-14,18-24H2,1-3H3,(H,35,38)(H,36,39). The Morgan fingerprint density at radius 1 is 0.775 bits per heavy atom. The van der Waals surface area contributed by atoms with Gasteiger partial charge in [-0.2, -0.15) is 0 Å². The molecule has 0 unspecified atom stereocenters. The van der Waals surface area contributed by atoms with Gasteiger partial charge < -0.3 is 15.5 Å². The third-order valence-electron chi connectivity index (χ3n) is 9.85. The number of amides is 3. The van der Waals surface area contributed by atoms with E-state index in [1.54, 1.807) is 0 Å². The van der Waals surface area contributed by atoms with Gasteiger partial charge in [-0.05, 0) is 113 Å². The maximum absolute atomic E-state index is 13.0. The molecule has 3 amide bonds. The predicted octanol–water partition coefficient (Wildman–Crippen LogP) is 5.88. The Hall–Kier alpha value is -2.37. The van der Waals surface area contributed by atoms with E-state index >= 15 is 0 Å². The Bertz CT molecular complexity index is 984. The first kappa shape index (κ1) is 30.6. The van der Waals surface area contributed by atoms with Gasteiger partial charge in [-0.3, -0.25) is 14.4 Å². The van der Waals surface area contributed by atoms with Gasteiger partial charge in [0, 0.05) is 32.1 Å². The molecule has 40 heavy (non-hydrogen) atoms. The molecule has 222 valence electrons. The molecule has 6 nitrogen and oxygen atoms in total. The fraction of sp³-hybridized carbons (Fsp3) is 0.735.